The second-order valence-electron chi connectivity index (χ2n) is 9.85. The number of aromatic nitrogens is 1. The van der Waals surface area contributed by atoms with Crippen LogP contribution in [0.5, 0.6) is 0 Å². The van der Waals surface area contributed by atoms with Gasteiger partial charge in [0.1, 0.15) is 5.84 Å². The number of aryl methyl sites for hydroxylation is 2. The van der Waals surface area contributed by atoms with Gasteiger partial charge in [-0.05, 0) is 84.8 Å². The Labute approximate surface area is 216 Å². The summed E-state index contributed by atoms with van der Waals surface area (Å²) in [5.74, 6) is 0.582. The summed E-state index contributed by atoms with van der Waals surface area (Å²) in [7, 11) is 0. The van der Waals surface area contributed by atoms with Gasteiger partial charge in [0.05, 0.1) is 11.4 Å². The minimum Gasteiger partial charge on any atom is -0.310 e. The molecule has 1 atom stereocenters. The third kappa shape index (κ3) is 4.73. The quantitative estimate of drug-likeness (QED) is 0.337. The van der Waals surface area contributed by atoms with E-state index in [9.17, 15) is 9.59 Å². The van der Waals surface area contributed by atoms with Crippen LogP contribution in [0.2, 0.25) is 0 Å². The second kappa shape index (κ2) is 9.58. The van der Waals surface area contributed by atoms with Crippen molar-refractivity contribution in [3.05, 3.63) is 129 Å². The smallest absolute Gasteiger partial charge is 0.256 e. The Balaban J connectivity index is 1.46. The van der Waals surface area contributed by atoms with Gasteiger partial charge in [0, 0.05) is 35.2 Å². The Morgan fingerprint density at radius 3 is 2.68 bits per heavy atom. The molecule has 37 heavy (non-hydrogen) atoms. The van der Waals surface area contributed by atoms with Crippen molar-refractivity contribution < 1.29 is 4.79 Å². The molecule has 1 amide bonds. The highest BCUT2D eigenvalue weighted by molar-refractivity contribution is 6.10. The van der Waals surface area contributed by atoms with Crippen LogP contribution in [0, 0.1) is 6.92 Å². The zero-order valence-electron chi connectivity index (χ0n) is 20.7. The number of aliphatic imine (C=N–C) groups is 1. The van der Waals surface area contributed by atoms with Gasteiger partial charge in [-0.2, -0.15) is 0 Å². The largest absolute Gasteiger partial charge is 0.310 e. The molecule has 1 aromatic heterocycles. The van der Waals surface area contributed by atoms with Gasteiger partial charge in [0.15, 0.2) is 5.43 Å². The minimum absolute atomic E-state index is 0.0511. The second-order valence-corrected chi connectivity index (χ2v) is 9.85. The Bertz CT molecular complexity index is 1620. The first kappa shape index (κ1) is 23.0. The van der Waals surface area contributed by atoms with Gasteiger partial charge in [-0.25, -0.2) is 4.99 Å². The monoisotopic (exact) mass is 485 g/mol. The molecule has 6 bridgehead atoms. The van der Waals surface area contributed by atoms with E-state index < -0.39 is 0 Å². The van der Waals surface area contributed by atoms with E-state index in [1.165, 1.54) is 5.56 Å². The highest BCUT2D eigenvalue weighted by Gasteiger charge is 2.28. The Hall–Kier alpha value is -4.38. The first-order valence-corrected chi connectivity index (χ1v) is 12.7. The lowest BCUT2D eigenvalue weighted by Crippen LogP contribution is -2.33. The maximum Gasteiger partial charge on any atom is 0.256 e. The van der Waals surface area contributed by atoms with Gasteiger partial charge in [0.2, 0.25) is 0 Å². The van der Waals surface area contributed by atoms with Gasteiger partial charge in [-0.1, -0.05) is 42.5 Å². The first-order valence-electron chi connectivity index (χ1n) is 12.7. The lowest BCUT2D eigenvalue weighted by atomic mass is 9.91. The number of para-hydroxylation sites is 1. The van der Waals surface area contributed by atoms with Crippen molar-refractivity contribution in [2.75, 3.05) is 0 Å². The molecule has 5 heteroatoms. The third-order valence-corrected chi connectivity index (χ3v) is 7.21. The molecule has 1 unspecified atom stereocenters. The summed E-state index contributed by atoms with van der Waals surface area (Å²) >= 11 is 0. The van der Waals surface area contributed by atoms with E-state index in [-0.39, 0.29) is 17.3 Å². The predicted molar refractivity (Wildman–Crippen MR) is 147 cm³/mol. The van der Waals surface area contributed by atoms with Crippen LogP contribution < -0.4 is 10.7 Å². The molecule has 0 aliphatic carbocycles. The summed E-state index contributed by atoms with van der Waals surface area (Å²) in [5.41, 5.74) is 8.32. The molecule has 3 heterocycles. The number of nitrogens with zero attached hydrogens (tertiary/aromatic N) is 2. The molecule has 182 valence electrons. The van der Waals surface area contributed by atoms with Gasteiger partial charge in [-0.3, -0.25) is 14.6 Å². The third-order valence-electron chi connectivity index (χ3n) is 7.21. The molecule has 0 saturated carbocycles. The van der Waals surface area contributed by atoms with Gasteiger partial charge in [0.25, 0.3) is 5.91 Å². The van der Waals surface area contributed by atoms with Crippen molar-refractivity contribution in [1.82, 2.24) is 10.3 Å². The average Bonchev–Trinajstić information content (AvgIpc) is 3.12. The van der Waals surface area contributed by atoms with E-state index >= 15 is 0 Å². The van der Waals surface area contributed by atoms with E-state index in [1.807, 2.05) is 48.5 Å². The minimum atomic E-state index is -0.179. The van der Waals surface area contributed by atoms with Crippen LogP contribution in [0.25, 0.3) is 11.3 Å². The van der Waals surface area contributed by atoms with Gasteiger partial charge in [-0.15, -0.1) is 0 Å². The lowest BCUT2D eigenvalue weighted by molar-refractivity contribution is 0.0976. The van der Waals surface area contributed by atoms with E-state index in [1.54, 1.807) is 12.1 Å². The Morgan fingerprint density at radius 1 is 0.865 bits per heavy atom. The van der Waals surface area contributed by atoms with Crippen molar-refractivity contribution in [3.63, 3.8) is 0 Å². The molecule has 0 saturated heterocycles. The van der Waals surface area contributed by atoms with Crippen LogP contribution in [0.1, 0.15) is 57.1 Å². The van der Waals surface area contributed by atoms with Crippen LogP contribution in [0.3, 0.4) is 0 Å². The van der Waals surface area contributed by atoms with E-state index in [0.717, 1.165) is 52.9 Å². The summed E-state index contributed by atoms with van der Waals surface area (Å²) in [6.07, 6.45) is 3.16. The summed E-state index contributed by atoms with van der Waals surface area (Å²) in [4.78, 5) is 35.5. The van der Waals surface area contributed by atoms with Crippen LogP contribution in [-0.2, 0) is 12.8 Å². The van der Waals surface area contributed by atoms with Crippen molar-refractivity contribution in [2.24, 2.45) is 4.99 Å². The number of amidine groups is 1. The highest BCUT2D eigenvalue weighted by Crippen LogP contribution is 2.37. The fourth-order valence-corrected chi connectivity index (χ4v) is 5.32. The first-order chi connectivity index (χ1) is 18.0. The van der Waals surface area contributed by atoms with Gasteiger partial charge < -0.3 is 5.32 Å². The van der Waals surface area contributed by atoms with Crippen LogP contribution in [0.15, 0.2) is 94.7 Å². The number of hydrogen-bond donors (Lipinski definition) is 1. The molecule has 2 aliphatic heterocycles. The van der Waals surface area contributed by atoms with Crippen molar-refractivity contribution >= 4 is 17.4 Å². The molecular formula is C32H27N3O2. The standard InChI is InChI=1S/C32H27N3O2/c1-20-12-13-21-6-5-10-27-26-9-2-3-11-29(26)34-31(27)35-32(37)23-8-4-7-22(16-23)17-24-19-25(36)14-15-30(33-24)28(20)18-21/h2-4,7-9,11-16,18-19,27H,5-6,10,17H2,1H3,(H,34,35,37). The van der Waals surface area contributed by atoms with Crippen molar-refractivity contribution in [1.29, 1.82) is 0 Å². The Morgan fingerprint density at radius 2 is 1.76 bits per heavy atom. The van der Waals surface area contributed by atoms with Crippen LogP contribution in [-0.4, -0.2) is 16.7 Å². The molecule has 2 aliphatic rings. The number of carbonyl (C=O) groups is 1. The van der Waals surface area contributed by atoms with E-state index in [2.05, 4.69) is 36.5 Å². The van der Waals surface area contributed by atoms with Crippen LogP contribution >= 0.6 is 0 Å². The molecular weight excluding hydrogens is 458 g/mol. The molecule has 6 rings (SSSR count). The Kier molecular flexibility index (Phi) is 5.97. The number of nitrogens with one attached hydrogen (secondary N) is 1. The zero-order valence-corrected chi connectivity index (χ0v) is 20.7. The number of rotatable bonds is 0. The number of hydrogen-bond acceptors (Lipinski definition) is 4. The zero-order chi connectivity index (χ0) is 25.4. The van der Waals surface area contributed by atoms with Gasteiger partial charge >= 0.3 is 0 Å². The van der Waals surface area contributed by atoms with Crippen molar-refractivity contribution in [3.8, 4) is 11.3 Å². The molecule has 0 radical (unpaired) electrons. The molecule has 4 aromatic rings. The maximum atomic E-state index is 13.3. The topological polar surface area (TPSA) is 71.4 Å². The fourth-order valence-electron chi connectivity index (χ4n) is 5.32. The lowest BCUT2D eigenvalue weighted by Gasteiger charge is -2.16. The predicted octanol–water partition coefficient (Wildman–Crippen LogP) is 5.90. The highest BCUT2D eigenvalue weighted by atomic mass is 16.1. The van der Waals surface area contributed by atoms with Crippen molar-refractivity contribution in [2.45, 2.75) is 38.5 Å². The number of amides is 1. The molecule has 1 N–H and O–H groups in total. The van der Waals surface area contributed by atoms with E-state index in [4.69, 9.17) is 9.98 Å². The fraction of sp³-hybridized carbons (Fsp3) is 0.188. The molecule has 0 spiro atoms. The summed E-state index contributed by atoms with van der Waals surface area (Å²) in [5, 5.41) is 3.11. The van der Waals surface area contributed by atoms with E-state index in [0.29, 0.717) is 23.5 Å². The number of carbonyl (C=O) groups excluding carboxylic acids is 1. The summed E-state index contributed by atoms with van der Waals surface area (Å²) in [6.45, 7) is 2.08. The maximum absolute atomic E-state index is 13.3. The van der Waals surface area contributed by atoms with Crippen LogP contribution in [0.4, 0.5) is 5.69 Å². The SMILES string of the molecule is Cc1ccc2cc1-c1ccc(=O)cc(n1)Cc1cccc(c1)C(=O)NC1=Nc3ccccc3C1CCC2. The summed E-state index contributed by atoms with van der Waals surface area (Å²) < 4.78 is 0. The summed E-state index contributed by atoms with van der Waals surface area (Å²) in [6, 6.07) is 27.1. The number of fused-ring (bicyclic) bond motifs is 10. The normalized spacial score (nSPS) is 16.6. The number of benzene rings is 3. The molecule has 3 aromatic carbocycles. The average molecular weight is 486 g/mol. The molecule has 0 fully saturated rings. The molecule has 5 nitrogen and oxygen atoms in total.